The number of pyridine rings is 1. The first-order valence-corrected chi connectivity index (χ1v) is 3.71. The van der Waals surface area contributed by atoms with Gasteiger partial charge in [0.05, 0.1) is 7.11 Å². The molecule has 0 N–H and O–H groups in total. The Bertz CT molecular complexity index is 377. The zero-order valence-corrected chi connectivity index (χ0v) is 7.50. The molecular formula is C10H9NO2. The Kier molecular flexibility index (Phi) is 2.65. The minimum Gasteiger partial charge on any atom is -0.464 e. The summed E-state index contributed by atoms with van der Waals surface area (Å²) < 4.78 is 4.52. The van der Waals surface area contributed by atoms with Crippen LogP contribution in [0.2, 0.25) is 0 Å². The van der Waals surface area contributed by atoms with Crippen molar-refractivity contribution in [2.24, 2.45) is 0 Å². The zero-order valence-electron chi connectivity index (χ0n) is 7.50. The normalized spacial score (nSPS) is 9.00. The number of hydrogen-bond acceptors (Lipinski definition) is 3. The number of hydrogen-bond donors (Lipinski definition) is 0. The third-order valence-electron chi connectivity index (χ3n) is 1.51. The van der Waals surface area contributed by atoms with Gasteiger partial charge in [-0.2, -0.15) is 0 Å². The third-order valence-corrected chi connectivity index (χ3v) is 1.51. The number of methoxy groups -OCH3 is 1. The zero-order chi connectivity index (χ0) is 9.84. The molecule has 1 heterocycles. The van der Waals surface area contributed by atoms with E-state index >= 15 is 0 Å². The standard InChI is InChI=1S/C10H9NO2/c1-4-8-5-7(2)11-9(6-8)10(12)13-3/h1,5-6H,2-3H3. The molecule has 0 radical (unpaired) electrons. The van der Waals surface area contributed by atoms with E-state index in [2.05, 4.69) is 15.6 Å². The number of ether oxygens (including phenoxy) is 1. The van der Waals surface area contributed by atoms with Crippen molar-refractivity contribution < 1.29 is 9.53 Å². The van der Waals surface area contributed by atoms with Crippen LogP contribution in [0.4, 0.5) is 0 Å². The van der Waals surface area contributed by atoms with Gasteiger partial charge in [-0.25, -0.2) is 9.78 Å². The summed E-state index contributed by atoms with van der Waals surface area (Å²) in [5, 5.41) is 0. The van der Waals surface area contributed by atoms with Gasteiger partial charge in [0.15, 0.2) is 0 Å². The van der Waals surface area contributed by atoms with Crippen LogP contribution in [0.3, 0.4) is 0 Å². The Morgan fingerprint density at radius 1 is 1.62 bits per heavy atom. The highest BCUT2D eigenvalue weighted by Gasteiger charge is 2.07. The van der Waals surface area contributed by atoms with E-state index in [0.29, 0.717) is 11.3 Å². The van der Waals surface area contributed by atoms with Gasteiger partial charge in [0.1, 0.15) is 5.69 Å². The van der Waals surface area contributed by atoms with Crippen LogP contribution in [-0.2, 0) is 4.74 Å². The number of terminal acetylenes is 1. The van der Waals surface area contributed by atoms with Crippen molar-refractivity contribution in [3.63, 3.8) is 0 Å². The summed E-state index contributed by atoms with van der Waals surface area (Å²) in [4.78, 5) is 15.1. The largest absolute Gasteiger partial charge is 0.464 e. The summed E-state index contributed by atoms with van der Waals surface area (Å²) in [5.74, 6) is 1.97. The Hall–Kier alpha value is -1.82. The number of aryl methyl sites for hydroxylation is 1. The number of carbonyl (C=O) groups is 1. The van der Waals surface area contributed by atoms with Gasteiger partial charge in [-0.15, -0.1) is 6.42 Å². The average Bonchev–Trinajstić information content (AvgIpc) is 2.15. The van der Waals surface area contributed by atoms with Crippen LogP contribution in [-0.4, -0.2) is 18.1 Å². The summed E-state index contributed by atoms with van der Waals surface area (Å²) in [6.07, 6.45) is 5.20. The van der Waals surface area contributed by atoms with Crippen LogP contribution in [0.5, 0.6) is 0 Å². The van der Waals surface area contributed by atoms with E-state index in [1.165, 1.54) is 13.2 Å². The van der Waals surface area contributed by atoms with Gasteiger partial charge in [-0.05, 0) is 19.1 Å². The van der Waals surface area contributed by atoms with Crippen molar-refractivity contribution in [3.8, 4) is 12.3 Å². The number of esters is 1. The Morgan fingerprint density at radius 3 is 2.85 bits per heavy atom. The molecule has 0 unspecified atom stereocenters. The van der Waals surface area contributed by atoms with E-state index in [4.69, 9.17) is 6.42 Å². The minimum atomic E-state index is -0.472. The lowest BCUT2D eigenvalue weighted by atomic mass is 10.2. The molecule has 0 spiro atoms. The van der Waals surface area contributed by atoms with Crippen LogP contribution < -0.4 is 0 Å². The second-order valence-corrected chi connectivity index (χ2v) is 2.52. The lowest BCUT2D eigenvalue weighted by molar-refractivity contribution is 0.0593. The fourth-order valence-corrected chi connectivity index (χ4v) is 0.961. The summed E-state index contributed by atoms with van der Waals surface area (Å²) in [6, 6.07) is 3.26. The quantitative estimate of drug-likeness (QED) is 0.475. The second kappa shape index (κ2) is 3.72. The molecule has 13 heavy (non-hydrogen) atoms. The molecular weight excluding hydrogens is 166 g/mol. The summed E-state index contributed by atoms with van der Waals surface area (Å²) in [7, 11) is 1.31. The van der Waals surface area contributed by atoms with Crippen molar-refractivity contribution in [2.45, 2.75) is 6.92 Å². The molecule has 0 aromatic carbocycles. The van der Waals surface area contributed by atoms with Crippen LogP contribution in [0, 0.1) is 19.3 Å². The van der Waals surface area contributed by atoms with Crippen molar-refractivity contribution in [1.82, 2.24) is 4.98 Å². The Labute approximate surface area is 76.8 Å². The van der Waals surface area contributed by atoms with Crippen molar-refractivity contribution in [3.05, 3.63) is 29.1 Å². The first kappa shape index (κ1) is 9.27. The molecule has 0 amide bonds. The maximum absolute atomic E-state index is 11.1. The maximum Gasteiger partial charge on any atom is 0.356 e. The first-order chi connectivity index (χ1) is 6.17. The smallest absolute Gasteiger partial charge is 0.356 e. The molecule has 0 bridgehead atoms. The first-order valence-electron chi connectivity index (χ1n) is 3.71. The maximum atomic E-state index is 11.1. The predicted octanol–water partition coefficient (Wildman–Crippen LogP) is 1.16. The number of nitrogens with zero attached hydrogens (tertiary/aromatic N) is 1. The molecule has 0 aliphatic rings. The molecule has 3 heteroatoms. The number of rotatable bonds is 1. The number of aromatic nitrogens is 1. The van der Waals surface area contributed by atoms with E-state index in [0.717, 1.165) is 0 Å². The summed E-state index contributed by atoms with van der Waals surface area (Å²) in [6.45, 7) is 1.77. The lowest BCUT2D eigenvalue weighted by Crippen LogP contribution is -2.05. The molecule has 0 saturated carbocycles. The third kappa shape index (κ3) is 2.06. The van der Waals surface area contributed by atoms with Gasteiger partial charge in [-0.1, -0.05) is 5.92 Å². The minimum absolute atomic E-state index is 0.246. The van der Waals surface area contributed by atoms with E-state index in [-0.39, 0.29) is 5.69 Å². The summed E-state index contributed by atoms with van der Waals surface area (Å²) in [5.41, 5.74) is 1.58. The van der Waals surface area contributed by atoms with Gasteiger partial charge >= 0.3 is 5.97 Å². The van der Waals surface area contributed by atoms with Crippen LogP contribution in [0.1, 0.15) is 21.7 Å². The highest BCUT2D eigenvalue weighted by Crippen LogP contribution is 2.05. The van der Waals surface area contributed by atoms with Crippen molar-refractivity contribution in [1.29, 1.82) is 0 Å². The highest BCUT2D eigenvalue weighted by molar-refractivity contribution is 5.87. The monoisotopic (exact) mass is 175 g/mol. The van der Waals surface area contributed by atoms with E-state index in [1.807, 2.05) is 0 Å². The molecule has 3 nitrogen and oxygen atoms in total. The highest BCUT2D eigenvalue weighted by atomic mass is 16.5. The lowest BCUT2D eigenvalue weighted by Gasteiger charge is -2.00. The summed E-state index contributed by atoms with van der Waals surface area (Å²) >= 11 is 0. The van der Waals surface area contributed by atoms with Crippen molar-refractivity contribution in [2.75, 3.05) is 7.11 Å². The van der Waals surface area contributed by atoms with Gasteiger partial charge < -0.3 is 4.74 Å². The van der Waals surface area contributed by atoms with Gasteiger partial charge in [-0.3, -0.25) is 0 Å². The van der Waals surface area contributed by atoms with Crippen molar-refractivity contribution >= 4 is 5.97 Å². The Balaban J connectivity index is 3.17. The van der Waals surface area contributed by atoms with E-state index < -0.39 is 5.97 Å². The fraction of sp³-hybridized carbons (Fsp3) is 0.200. The molecule has 1 rings (SSSR count). The van der Waals surface area contributed by atoms with Gasteiger partial charge in [0, 0.05) is 11.3 Å². The topological polar surface area (TPSA) is 39.2 Å². The molecule has 66 valence electrons. The second-order valence-electron chi connectivity index (χ2n) is 2.52. The van der Waals surface area contributed by atoms with Gasteiger partial charge in [0.2, 0.25) is 0 Å². The average molecular weight is 175 g/mol. The molecule has 1 aromatic heterocycles. The molecule has 0 aliphatic heterocycles. The van der Waals surface area contributed by atoms with Gasteiger partial charge in [0.25, 0.3) is 0 Å². The SMILES string of the molecule is C#Cc1cc(C)nc(C(=O)OC)c1. The molecule has 1 aromatic rings. The predicted molar refractivity (Wildman–Crippen MR) is 48.2 cm³/mol. The van der Waals surface area contributed by atoms with E-state index in [9.17, 15) is 4.79 Å². The molecule has 0 aliphatic carbocycles. The van der Waals surface area contributed by atoms with Crippen LogP contribution in [0.25, 0.3) is 0 Å². The van der Waals surface area contributed by atoms with Crippen LogP contribution >= 0.6 is 0 Å². The molecule has 0 fully saturated rings. The molecule has 0 saturated heterocycles. The molecule has 0 atom stereocenters. The fourth-order valence-electron chi connectivity index (χ4n) is 0.961. The van der Waals surface area contributed by atoms with Crippen LogP contribution in [0.15, 0.2) is 12.1 Å². The number of carbonyl (C=O) groups excluding carboxylic acids is 1. The Morgan fingerprint density at radius 2 is 2.31 bits per heavy atom. The van der Waals surface area contributed by atoms with E-state index in [1.54, 1.807) is 13.0 Å².